The van der Waals surface area contributed by atoms with Gasteiger partial charge in [-0.15, -0.1) is 0 Å². The first kappa shape index (κ1) is 13.5. The summed E-state index contributed by atoms with van der Waals surface area (Å²) in [5.41, 5.74) is 0. The van der Waals surface area contributed by atoms with Gasteiger partial charge in [0, 0.05) is 17.9 Å². The van der Waals surface area contributed by atoms with Crippen LogP contribution in [-0.2, 0) is 0 Å². The first-order chi connectivity index (χ1) is 7.13. The van der Waals surface area contributed by atoms with Gasteiger partial charge in [-0.2, -0.15) is 0 Å². The van der Waals surface area contributed by atoms with Crippen molar-refractivity contribution in [2.24, 2.45) is 11.8 Å². The number of nitrogens with zero attached hydrogens (tertiary/aromatic N) is 1. The van der Waals surface area contributed by atoms with Crippen LogP contribution >= 0.6 is 15.9 Å². The van der Waals surface area contributed by atoms with Crippen LogP contribution in [0.3, 0.4) is 0 Å². The van der Waals surface area contributed by atoms with E-state index >= 15 is 0 Å². The molecule has 0 aliphatic heterocycles. The highest BCUT2D eigenvalue weighted by Crippen LogP contribution is 2.28. The van der Waals surface area contributed by atoms with Gasteiger partial charge in [0.25, 0.3) is 0 Å². The van der Waals surface area contributed by atoms with E-state index in [-0.39, 0.29) is 0 Å². The molecule has 15 heavy (non-hydrogen) atoms. The van der Waals surface area contributed by atoms with Crippen molar-refractivity contribution in [2.45, 2.75) is 52.5 Å². The Hall–Kier alpha value is 0.440. The molecule has 0 aromatic rings. The number of rotatable bonds is 8. The van der Waals surface area contributed by atoms with E-state index in [9.17, 15) is 0 Å². The second kappa shape index (κ2) is 6.90. The molecule has 0 bridgehead atoms. The summed E-state index contributed by atoms with van der Waals surface area (Å²) in [7, 11) is 0. The Bertz CT molecular complexity index is 166. The standard InChI is InChI=1S/C13H26BrN/c1-11(2)10-15(13-4-5-13)9-7-12(3)6-8-14/h11-13H,4-10H2,1-3H3. The van der Waals surface area contributed by atoms with Crippen LogP contribution in [0.25, 0.3) is 0 Å². The van der Waals surface area contributed by atoms with Gasteiger partial charge in [-0.05, 0) is 44.1 Å². The fourth-order valence-electron chi connectivity index (χ4n) is 2.05. The minimum atomic E-state index is 0.817. The van der Waals surface area contributed by atoms with E-state index in [1.54, 1.807) is 0 Å². The highest BCUT2D eigenvalue weighted by Gasteiger charge is 2.28. The average Bonchev–Trinajstić information content (AvgIpc) is 2.95. The van der Waals surface area contributed by atoms with Gasteiger partial charge in [0.15, 0.2) is 0 Å². The lowest BCUT2D eigenvalue weighted by atomic mass is 10.0. The van der Waals surface area contributed by atoms with E-state index in [1.165, 1.54) is 38.8 Å². The van der Waals surface area contributed by atoms with Gasteiger partial charge in [-0.3, -0.25) is 0 Å². The van der Waals surface area contributed by atoms with Gasteiger partial charge in [-0.25, -0.2) is 0 Å². The molecule has 2 heteroatoms. The lowest BCUT2D eigenvalue weighted by molar-refractivity contribution is 0.219. The molecule has 0 N–H and O–H groups in total. The molecule has 0 amide bonds. The van der Waals surface area contributed by atoms with Gasteiger partial charge < -0.3 is 4.90 Å². The van der Waals surface area contributed by atoms with Crippen LogP contribution in [0.5, 0.6) is 0 Å². The Labute approximate surface area is 104 Å². The van der Waals surface area contributed by atoms with Crippen LogP contribution in [0.1, 0.15) is 46.5 Å². The number of hydrogen-bond donors (Lipinski definition) is 0. The van der Waals surface area contributed by atoms with Crippen LogP contribution in [-0.4, -0.2) is 29.4 Å². The van der Waals surface area contributed by atoms with Crippen molar-refractivity contribution >= 4 is 15.9 Å². The van der Waals surface area contributed by atoms with Crippen molar-refractivity contribution < 1.29 is 0 Å². The third-order valence-corrected chi connectivity index (χ3v) is 3.63. The zero-order valence-electron chi connectivity index (χ0n) is 10.5. The summed E-state index contributed by atoms with van der Waals surface area (Å²) in [5.74, 6) is 1.69. The van der Waals surface area contributed by atoms with E-state index < -0.39 is 0 Å². The minimum Gasteiger partial charge on any atom is -0.300 e. The molecule has 1 aliphatic carbocycles. The minimum absolute atomic E-state index is 0.817. The van der Waals surface area contributed by atoms with Crippen LogP contribution in [0, 0.1) is 11.8 Å². The number of hydrogen-bond acceptors (Lipinski definition) is 1. The van der Waals surface area contributed by atoms with Crippen molar-refractivity contribution in [3.8, 4) is 0 Å². The molecular formula is C13H26BrN. The monoisotopic (exact) mass is 275 g/mol. The average molecular weight is 276 g/mol. The quantitative estimate of drug-likeness (QED) is 0.607. The Kier molecular flexibility index (Phi) is 6.21. The summed E-state index contributed by atoms with van der Waals surface area (Å²) < 4.78 is 0. The molecule has 0 aromatic carbocycles. The van der Waals surface area contributed by atoms with E-state index in [1.807, 2.05) is 0 Å². The third-order valence-electron chi connectivity index (χ3n) is 3.17. The van der Waals surface area contributed by atoms with Gasteiger partial charge in [0.05, 0.1) is 0 Å². The summed E-state index contributed by atoms with van der Waals surface area (Å²) >= 11 is 3.52. The van der Waals surface area contributed by atoms with Crippen LogP contribution in [0.15, 0.2) is 0 Å². The maximum Gasteiger partial charge on any atom is 0.00965 e. The topological polar surface area (TPSA) is 3.24 Å². The SMILES string of the molecule is CC(C)CN(CCC(C)CCBr)C1CC1. The normalized spacial score (nSPS) is 18.8. The van der Waals surface area contributed by atoms with E-state index in [0.29, 0.717) is 0 Å². The van der Waals surface area contributed by atoms with Gasteiger partial charge in [0.2, 0.25) is 0 Å². The molecule has 0 radical (unpaired) electrons. The van der Waals surface area contributed by atoms with E-state index in [4.69, 9.17) is 0 Å². The number of alkyl halides is 1. The fraction of sp³-hybridized carbons (Fsp3) is 1.00. The third kappa shape index (κ3) is 5.91. The van der Waals surface area contributed by atoms with Crippen molar-refractivity contribution in [2.75, 3.05) is 18.4 Å². The highest BCUT2D eigenvalue weighted by atomic mass is 79.9. The van der Waals surface area contributed by atoms with Crippen molar-refractivity contribution in [3.05, 3.63) is 0 Å². The molecule has 0 spiro atoms. The summed E-state index contributed by atoms with van der Waals surface area (Å²) in [6.45, 7) is 9.65. The molecule has 90 valence electrons. The molecule has 0 heterocycles. The van der Waals surface area contributed by atoms with Crippen LogP contribution in [0.2, 0.25) is 0 Å². The summed E-state index contributed by atoms with van der Waals surface area (Å²) in [4.78, 5) is 2.72. The van der Waals surface area contributed by atoms with E-state index in [0.717, 1.165) is 23.2 Å². The Morgan fingerprint density at radius 1 is 1.20 bits per heavy atom. The smallest absolute Gasteiger partial charge is 0.00965 e. The predicted molar refractivity (Wildman–Crippen MR) is 71.6 cm³/mol. The maximum atomic E-state index is 3.52. The highest BCUT2D eigenvalue weighted by molar-refractivity contribution is 9.09. The largest absolute Gasteiger partial charge is 0.300 e. The van der Waals surface area contributed by atoms with Crippen molar-refractivity contribution in [3.63, 3.8) is 0 Å². The summed E-state index contributed by atoms with van der Waals surface area (Å²) in [6, 6.07) is 0.934. The van der Waals surface area contributed by atoms with Gasteiger partial charge >= 0.3 is 0 Å². The lowest BCUT2D eigenvalue weighted by Crippen LogP contribution is -2.31. The Balaban J connectivity index is 2.19. The molecule has 0 aromatic heterocycles. The van der Waals surface area contributed by atoms with Gasteiger partial charge in [-0.1, -0.05) is 36.7 Å². The molecule has 1 aliphatic rings. The second-order valence-electron chi connectivity index (χ2n) is 5.49. The molecule has 1 rings (SSSR count). The van der Waals surface area contributed by atoms with Crippen molar-refractivity contribution in [1.29, 1.82) is 0 Å². The molecule has 1 saturated carbocycles. The summed E-state index contributed by atoms with van der Waals surface area (Å²) in [6.07, 6.45) is 5.58. The predicted octanol–water partition coefficient (Wildman–Crippen LogP) is 3.92. The van der Waals surface area contributed by atoms with Crippen molar-refractivity contribution in [1.82, 2.24) is 4.90 Å². The van der Waals surface area contributed by atoms with Gasteiger partial charge in [0.1, 0.15) is 0 Å². The first-order valence-corrected chi connectivity index (χ1v) is 7.55. The zero-order chi connectivity index (χ0) is 11.3. The molecule has 1 unspecified atom stereocenters. The molecular weight excluding hydrogens is 250 g/mol. The zero-order valence-corrected chi connectivity index (χ0v) is 12.1. The summed E-state index contributed by atoms with van der Waals surface area (Å²) in [5, 5.41) is 1.15. The molecule has 1 atom stereocenters. The second-order valence-corrected chi connectivity index (χ2v) is 6.28. The Morgan fingerprint density at radius 2 is 1.87 bits per heavy atom. The van der Waals surface area contributed by atoms with Crippen LogP contribution in [0.4, 0.5) is 0 Å². The lowest BCUT2D eigenvalue weighted by Gasteiger charge is -2.25. The van der Waals surface area contributed by atoms with E-state index in [2.05, 4.69) is 41.6 Å². The first-order valence-electron chi connectivity index (χ1n) is 6.43. The molecule has 1 nitrogen and oxygen atoms in total. The van der Waals surface area contributed by atoms with Crippen LogP contribution < -0.4 is 0 Å². The maximum absolute atomic E-state index is 3.52. The fourth-order valence-corrected chi connectivity index (χ4v) is 2.83. The molecule has 0 saturated heterocycles. The molecule has 1 fully saturated rings. The number of halogens is 1. The Morgan fingerprint density at radius 3 is 2.33 bits per heavy atom.